The first kappa shape index (κ1) is 11.5. The van der Waals surface area contributed by atoms with E-state index in [0.717, 1.165) is 25.9 Å². The standard InChI is InChI=1S/C11H22N2O/c1-4-11(2,3)7-10(14)13-6-5-9(12)8-13/h9H,4-8,12H2,1-3H3. The van der Waals surface area contributed by atoms with Gasteiger partial charge >= 0.3 is 0 Å². The maximum atomic E-state index is 11.8. The molecular formula is C11H22N2O. The molecule has 1 heterocycles. The predicted octanol–water partition coefficient (Wildman–Crippen LogP) is 1.37. The molecule has 0 aromatic heterocycles. The van der Waals surface area contributed by atoms with Crippen molar-refractivity contribution in [1.82, 2.24) is 4.90 Å². The zero-order valence-electron chi connectivity index (χ0n) is 9.55. The molecule has 0 saturated carbocycles. The van der Waals surface area contributed by atoms with Gasteiger partial charge in [0.05, 0.1) is 0 Å². The van der Waals surface area contributed by atoms with Gasteiger partial charge in [0.1, 0.15) is 0 Å². The molecule has 82 valence electrons. The fraction of sp³-hybridized carbons (Fsp3) is 0.909. The van der Waals surface area contributed by atoms with Crippen LogP contribution in [0.2, 0.25) is 0 Å². The summed E-state index contributed by atoms with van der Waals surface area (Å²) in [7, 11) is 0. The Morgan fingerprint density at radius 2 is 2.21 bits per heavy atom. The monoisotopic (exact) mass is 198 g/mol. The second kappa shape index (κ2) is 4.30. The normalized spacial score (nSPS) is 22.9. The van der Waals surface area contributed by atoms with E-state index in [9.17, 15) is 4.79 Å². The number of nitrogens with two attached hydrogens (primary N) is 1. The average molecular weight is 198 g/mol. The lowest BCUT2D eigenvalue weighted by molar-refractivity contribution is -0.132. The van der Waals surface area contributed by atoms with Crippen molar-refractivity contribution in [1.29, 1.82) is 0 Å². The van der Waals surface area contributed by atoms with Gasteiger partial charge in [-0.3, -0.25) is 4.79 Å². The number of amides is 1. The van der Waals surface area contributed by atoms with Gasteiger partial charge in [-0.1, -0.05) is 27.2 Å². The number of carbonyl (C=O) groups is 1. The third-order valence-corrected chi connectivity index (χ3v) is 3.16. The van der Waals surface area contributed by atoms with Crippen LogP contribution in [0.1, 0.15) is 40.0 Å². The molecule has 0 aliphatic carbocycles. The van der Waals surface area contributed by atoms with Crippen LogP contribution in [0, 0.1) is 5.41 Å². The van der Waals surface area contributed by atoms with E-state index < -0.39 is 0 Å². The molecule has 1 rings (SSSR count). The van der Waals surface area contributed by atoms with Crippen molar-refractivity contribution >= 4 is 5.91 Å². The van der Waals surface area contributed by atoms with Gasteiger partial charge in [0.2, 0.25) is 5.91 Å². The van der Waals surface area contributed by atoms with E-state index in [1.807, 2.05) is 4.90 Å². The number of carbonyl (C=O) groups excluding carboxylic acids is 1. The van der Waals surface area contributed by atoms with Crippen molar-refractivity contribution in [2.45, 2.75) is 46.1 Å². The van der Waals surface area contributed by atoms with Crippen LogP contribution in [0.15, 0.2) is 0 Å². The number of hydrogen-bond acceptors (Lipinski definition) is 2. The lowest BCUT2D eigenvalue weighted by Crippen LogP contribution is -2.34. The molecular weight excluding hydrogens is 176 g/mol. The summed E-state index contributed by atoms with van der Waals surface area (Å²) in [5, 5.41) is 0. The summed E-state index contributed by atoms with van der Waals surface area (Å²) in [4.78, 5) is 13.7. The van der Waals surface area contributed by atoms with Crippen molar-refractivity contribution in [2.75, 3.05) is 13.1 Å². The van der Waals surface area contributed by atoms with Crippen LogP contribution in [0.4, 0.5) is 0 Å². The van der Waals surface area contributed by atoms with Crippen LogP contribution < -0.4 is 5.73 Å². The van der Waals surface area contributed by atoms with Crippen molar-refractivity contribution < 1.29 is 4.79 Å². The summed E-state index contributed by atoms with van der Waals surface area (Å²) in [6.07, 6.45) is 2.65. The molecule has 1 unspecified atom stereocenters. The van der Waals surface area contributed by atoms with Crippen LogP contribution >= 0.6 is 0 Å². The van der Waals surface area contributed by atoms with Crippen LogP contribution in [-0.2, 0) is 4.79 Å². The molecule has 3 nitrogen and oxygen atoms in total. The Bertz CT molecular complexity index is 213. The second-order valence-corrected chi connectivity index (χ2v) is 5.08. The topological polar surface area (TPSA) is 46.3 Å². The van der Waals surface area contributed by atoms with E-state index in [1.54, 1.807) is 0 Å². The van der Waals surface area contributed by atoms with Crippen LogP contribution in [0.3, 0.4) is 0 Å². The molecule has 1 atom stereocenters. The quantitative estimate of drug-likeness (QED) is 0.744. The van der Waals surface area contributed by atoms with E-state index in [-0.39, 0.29) is 17.4 Å². The van der Waals surface area contributed by atoms with Crippen LogP contribution in [0.25, 0.3) is 0 Å². The zero-order valence-corrected chi connectivity index (χ0v) is 9.55. The van der Waals surface area contributed by atoms with E-state index >= 15 is 0 Å². The summed E-state index contributed by atoms with van der Waals surface area (Å²) >= 11 is 0. The zero-order chi connectivity index (χ0) is 10.8. The fourth-order valence-corrected chi connectivity index (χ4v) is 1.66. The molecule has 0 aromatic carbocycles. The van der Waals surface area contributed by atoms with Gasteiger partial charge in [-0.25, -0.2) is 0 Å². The Morgan fingerprint density at radius 1 is 1.57 bits per heavy atom. The molecule has 0 aromatic rings. The lowest BCUT2D eigenvalue weighted by atomic mass is 9.86. The first-order chi connectivity index (χ1) is 6.44. The van der Waals surface area contributed by atoms with E-state index in [1.165, 1.54) is 0 Å². The first-order valence-electron chi connectivity index (χ1n) is 5.48. The molecule has 1 amide bonds. The third kappa shape index (κ3) is 2.98. The smallest absolute Gasteiger partial charge is 0.223 e. The van der Waals surface area contributed by atoms with Gasteiger partial charge in [0, 0.05) is 25.6 Å². The Hall–Kier alpha value is -0.570. The highest BCUT2D eigenvalue weighted by molar-refractivity contribution is 5.77. The van der Waals surface area contributed by atoms with Crippen molar-refractivity contribution in [2.24, 2.45) is 11.1 Å². The Labute approximate surface area is 86.6 Å². The first-order valence-corrected chi connectivity index (χ1v) is 5.48. The molecule has 1 aliphatic rings. The number of hydrogen-bond donors (Lipinski definition) is 1. The SMILES string of the molecule is CCC(C)(C)CC(=O)N1CCC(N)C1. The molecule has 2 N–H and O–H groups in total. The minimum absolute atomic E-state index is 0.129. The highest BCUT2D eigenvalue weighted by atomic mass is 16.2. The molecule has 0 bridgehead atoms. The van der Waals surface area contributed by atoms with Gasteiger partial charge in [0.15, 0.2) is 0 Å². The summed E-state index contributed by atoms with van der Waals surface area (Å²) in [5.74, 6) is 0.268. The molecule has 1 aliphatic heterocycles. The highest BCUT2D eigenvalue weighted by Gasteiger charge is 2.27. The molecule has 1 fully saturated rings. The van der Waals surface area contributed by atoms with Gasteiger partial charge in [-0.2, -0.15) is 0 Å². The highest BCUT2D eigenvalue weighted by Crippen LogP contribution is 2.26. The van der Waals surface area contributed by atoms with Crippen LogP contribution in [-0.4, -0.2) is 29.9 Å². The maximum absolute atomic E-state index is 11.8. The lowest BCUT2D eigenvalue weighted by Gasteiger charge is -2.25. The van der Waals surface area contributed by atoms with E-state index in [4.69, 9.17) is 5.73 Å². The third-order valence-electron chi connectivity index (χ3n) is 3.16. The molecule has 0 spiro atoms. The second-order valence-electron chi connectivity index (χ2n) is 5.08. The van der Waals surface area contributed by atoms with Gasteiger partial charge < -0.3 is 10.6 Å². The molecule has 3 heteroatoms. The average Bonchev–Trinajstić information content (AvgIpc) is 2.51. The van der Waals surface area contributed by atoms with E-state index in [2.05, 4.69) is 20.8 Å². The van der Waals surface area contributed by atoms with Gasteiger partial charge in [-0.05, 0) is 11.8 Å². The van der Waals surface area contributed by atoms with Crippen molar-refractivity contribution in [3.05, 3.63) is 0 Å². The van der Waals surface area contributed by atoms with Crippen molar-refractivity contribution in [3.63, 3.8) is 0 Å². The van der Waals surface area contributed by atoms with Gasteiger partial charge in [0.25, 0.3) is 0 Å². The summed E-state index contributed by atoms with van der Waals surface area (Å²) in [6.45, 7) is 8.00. The van der Waals surface area contributed by atoms with E-state index in [0.29, 0.717) is 6.42 Å². The van der Waals surface area contributed by atoms with Crippen molar-refractivity contribution in [3.8, 4) is 0 Å². The maximum Gasteiger partial charge on any atom is 0.223 e. The molecule has 14 heavy (non-hydrogen) atoms. The summed E-state index contributed by atoms with van der Waals surface area (Å²) < 4.78 is 0. The largest absolute Gasteiger partial charge is 0.341 e. The Balaban J connectivity index is 2.43. The number of rotatable bonds is 3. The Kier molecular flexibility index (Phi) is 3.53. The summed E-state index contributed by atoms with van der Waals surface area (Å²) in [5.41, 5.74) is 5.89. The number of likely N-dealkylation sites (tertiary alicyclic amines) is 1. The molecule has 1 saturated heterocycles. The predicted molar refractivity (Wildman–Crippen MR) is 57.9 cm³/mol. The minimum atomic E-state index is 0.129. The summed E-state index contributed by atoms with van der Waals surface area (Å²) in [6, 6.07) is 0.198. The van der Waals surface area contributed by atoms with Crippen LogP contribution in [0.5, 0.6) is 0 Å². The van der Waals surface area contributed by atoms with Gasteiger partial charge in [-0.15, -0.1) is 0 Å². The Morgan fingerprint density at radius 3 is 2.64 bits per heavy atom. The fourth-order valence-electron chi connectivity index (χ4n) is 1.66. The number of nitrogens with zero attached hydrogens (tertiary/aromatic N) is 1. The minimum Gasteiger partial charge on any atom is -0.341 e. The molecule has 0 radical (unpaired) electrons.